The topological polar surface area (TPSA) is 66.5 Å². The molecule has 1 N–H and O–H groups in total. The molecular weight excluding hydrogens is 288 g/mol. The number of amides is 1. The van der Waals surface area contributed by atoms with Gasteiger partial charge in [0.1, 0.15) is 0 Å². The lowest BCUT2D eigenvalue weighted by Gasteiger charge is -2.30. The fourth-order valence-electron chi connectivity index (χ4n) is 2.69. The largest absolute Gasteiger partial charge is 0.325 e. The molecule has 1 saturated heterocycles. The van der Waals surface area contributed by atoms with Gasteiger partial charge in [-0.1, -0.05) is 18.2 Å². The molecule has 0 aromatic heterocycles. The van der Waals surface area contributed by atoms with Gasteiger partial charge in [0.25, 0.3) is 0 Å². The number of sulfonamides is 1. The van der Waals surface area contributed by atoms with Gasteiger partial charge in [0.15, 0.2) is 0 Å². The van der Waals surface area contributed by atoms with Crippen molar-refractivity contribution in [2.75, 3.05) is 24.7 Å². The zero-order chi connectivity index (χ0) is 15.6. The first-order chi connectivity index (χ1) is 9.79. The van der Waals surface area contributed by atoms with Crippen molar-refractivity contribution in [1.29, 1.82) is 0 Å². The van der Waals surface area contributed by atoms with Crippen molar-refractivity contribution >= 4 is 21.6 Å². The number of rotatable bonds is 3. The van der Waals surface area contributed by atoms with Gasteiger partial charge in [-0.15, -0.1) is 0 Å². The van der Waals surface area contributed by atoms with Gasteiger partial charge in [0.05, 0.1) is 12.2 Å². The normalized spacial score (nSPS) is 20.2. The summed E-state index contributed by atoms with van der Waals surface area (Å²) in [6.45, 7) is 4.68. The summed E-state index contributed by atoms with van der Waals surface area (Å²) in [7, 11) is -3.23. The smallest absolute Gasteiger partial charge is 0.228 e. The number of para-hydroxylation sites is 1. The number of carbonyl (C=O) groups is 1. The Balaban J connectivity index is 2.10. The highest BCUT2D eigenvalue weighted by Gasteiger charge is 2.30. The van der Waals surface area contributed by atoms with Crippen LogP contribution >= 0.6 is 0 Å². The number of aryl methyl sites for hydroxylation is 2. The van der Waals surface area contributed by atoms with Crippen molar-refractivity contribution in [2.45, 2.75) is 26.7 Å². The Bertz CT molecular complexity index is 620. The van der Waals surface area contributed by atoms with Crippen molar-refractivity contribution in [3.05, 3.63) is 29.3 Å². The van der Waals surface area contributed by atoms with Gasteiger partial charge in [-0.25, -0.2) is 12.7 Å². The highest BCUT2D eigenvalue weighted by atomic mass is 32.2. The molecule has 6 heteroatoms. The Morgan fingerprint density at radius 3 is 2.48 bits per heavy atom. The van der Waals surface area contributed by atoms with E-state index in [0.717, 1.165) is 29.7 Å². The monoisotopic (exact) mass is 310 g/mol. The van der Waals surface area contributed by atoms with Gasteiger partial charge in [-0.3, -0.25) is 4.79 Å². The van der Waals surface area contributed by atoms with E-state index in [2.05, 4.69) is 5.32 Å². The van der Waals surface area contributed by atoms with Gasteiger partial charge >= 0.3 is 0 Å². The Hall–Kier alpha value is -1.40. The number of hydrogen-bond acceptors (Lipinski definition) is 3. The average Bonchev–Trinajstić information content (AvgIpc) is 2.42. The molecular formula is C15H22N2O3S. The predicted molar refractivity (Wildman–Crippen MR) is 83.7 cm³/mol. The minimum Gasteiger partial charge on any atom is -0.325 e. The van der Waals surface area contributed by atoms with E-state index in [9.17, 15) is 13.2 Å². The third kappa shape index (κ3) is 3.83. The summed E-state index contributed by atoms with van der Waals surface area (Å²) in [6, 6.07) is 5.85. The van der Waals surface area contributed by atoms with Crippen LogP contribution in [-0.2, 0) is 14.8 Å². The lowest BCUT2D eigenvalue weighted by atomic mass is 9.98. The quantitative estimate of drug-likeness (QED) is 0.927. The molecule has 1 aliphatic rings. The summed E-state index contributed by atoms with van der Waals surface area (Å²) in [5.41, 5.74) is 2.86. The van der Waals surface area contributed by atoms with Gasteiger partial charge in [-0.05, 0) is 37.8 Å². The molecule has 116 valence electrons. The second-order valence-electron chi connectivity index (χ2n) is 5.72. The number of nitrogens with one attached hydrogen (secondary N) is 1. The van der Waals surface area contributed by atoms with Gasteiger partial charge in [-0.2, -0.15) is 0 Å². The molecule has 1 fully saturated rings. The molecule has 1 amide bonds. The van der Waals surface area contributed by atoms with Crippen LogP contribution < -0.4 is 5.32 Å². The van der Waals surface area contributed by atoms with Crippen LogP contribution in [0.3, 0.4) is 0 Å². The van der Waals surface area contributed by atoms with Crippen LogP contribution in [0.1, 0.15) is 24.0 Å². The lowest BCUT2D eigenvalue weighted by Crippen LogP contribution is -2.43. The standard InChI is InChI=1S/C15H22N2O3S/c1-11-6-4-7-12(2)14(11)16-15(18)13-8-5-9-17(10-13)21(3,19)20/h4,6-7,13H,5,8-10H2,1-3H3,(H,16,18)/t13-/m0/s1. The zero-order valence-electron chi connectivity index (χ0n) is 12.7. The molecule has 0 aliphatic carbocycles. The van der Waals surface area contributed by atoms with Crippen molar-refractivity contribution in [1.82, 2.24) is 4.31 Å². The molecule has 1 aromatic carbocycles. The summed E-state index contributed by atoms with van der Waals surface area (Å²) < 4.78 is 24.6. The van der Waals surface area contributed by atoms with E-state index in [4.69, 9.17) is 0 Å². The minimum absolute atomic E-state index is 0.0965. The molecule has 0 unspecified atom stereocenters. The fraction of sp³-hybridized carbons (Fsp3) is 0.533. The van der Waals surface area contributed by atoms with E-state index in [1.165, 1.54) is 10.6 Å². The first-order valence-electron chi connectivity index (χ1n) is 7.11. The molecule has 0 saturated carbocycles. The Labute approximate surface area is 126 Å². The molecule has 1 aliphatic heterocycles. The Morgan fingerprint density at radius 1 is 1.29 bits per heavy atom. The van der Waals surface area contributed by atoms with Crippen molar-refractivity contribution < 1.29 is 13.2 Å². The van der Waals surface area contributed by atoms with Gasteiger partial charge < -0.3 is 5.32 Å². The summed E-state index contributed by atoms with van der Waals surface area (Å²) >= 11 is 0. The number of hydrogen-bond donors (Lipinski definition) is 1. The van der Waals surface area contributed by atoms with Crippen LogP contribution in [0.4, 0.5) is 5.69 Å². The molecule has 21 heavy (non-hydrogen) atoms. The van der Waals surface area contributed by atoms with Crippen molar-refractivity contribution in [3.8, 4) is 0 Å². The zero-order valence-corrected chi connectivity index (χ0v) is 13.5. The molecule has 0 bridgehead atoms. The van der Waals surface area contributed by atoms with Crippen LogP contribution in [0.5, 0.6) is 0 Å². The molecule has 1 aromatic rings. The maximum atomic E-state index is 12.4. The first-order valence-corrected chi connectivity index (χ1v) is 8.96. The molecule has 0 radical (unpaired) electrons. The fourth-order valence-corrected chi connectivity index (χ4v) is 3.61. The number of benzene rings is 1. The SMILES string of the molecule is Cc1cccc(C)c1NC(=O)[C@H]1CCCN(S(C)(=O)=O)C1. The third-order valence-corrected chi connectivity index (χ3v) is 5.22. The van der Waals surface area contributed by atoms with Gasteiger partial charge in [0, 0.05) is 18.8 Å². The second-order valence-corrected chi connectivity index (χ2v) is 7.70. The lowest BCUT2D eigenvalue weighted by molar-refractivity contribution is -0.120. The summed E-state index contributed by atoms with van der Waals surface area (Å²) in [5, 5.41) is 2.96. The van der Waals surface area contributed by atoms with Crippen LogP contribution in [0, 0.1) is 19.8 Å². The number of piperidine rings is 1. The van der Waals surface area contributed by atoms with Gasteiger partial charge in [0.2, 0.25) is 15.9 Å². The summed E-state index contributed by atoms with van der Waals surface area (Å²) in [5.74, 6) is -0.381. The minimum atomic E-state index is -3.23. The molecule has 1 heterocycles. The highest BCUT2D eigenvalue weighted by Crippen LogP contribution is 2.23. The van der Waals surface area contributed by atoms with Crippen LogP contribution in [0.25, 0.3) is 0 Å². The third-order valence-electron chi connectivity index (χ3n) is 3.95. The first kappa shape index (κ1) is 16.0. The number of carbonyl (C=O) groups excluding carboxylic acids is 1. The van der Waals surface area contributed by atoms with Crippen LogP contribution in [0.2, 0.25) is 0 Å². The number of nitrogens with zero attached hydrogens (tertiary/aromatic N) is 1. The van der Waals surface area contributed by atoms with Crippen LogP contribution in [0.15, 0.2) is 18.2 Å². The maximum absolute atomic E-state index is 12.4. The average molecular weight is 310 g/mol. The van der Waals surface area contributed by atoms with Crippen molar-refractivity contribution in [3.63, 3.8) is 0 Å². The molecule has 1 atom stereocenters. The van der Waals surface area contributed by atoms with E-state index in [1.807, 2.05) is 32.0 Å². The highest BCUT2D eigenvalue weighted by molar-refractivity contribution is 7.88. The second kappa shape index (κ2) is 6.15. The Kier molecular flexibility index (Phi) is 4.68. The van der Waals surface area contributed by atoms with Crippen molar-refractivity contribution in [2.24, 2.45) is 5.92 Å². The molecule has 0 spiro atoms. The predicted octanol–water partition coefficient (Wildman–Crippen LogP) is 1.91. The Morgan fingerprint density at radius 2 is 1.90 bits per heavy atom. The maximum Gasteiger partial charge on any atom is 0.228 e. The summed E-state index contributed by atoms with van der Waals surface area (Å²) in [4.78, 5) is 12.4. The molecule has 2 rings (SSSR count). The van der Waals surface area contributed by atoms with E-state index in [-0.39, 0.29) is 18.4 Å². The van der Waals surface area contributed by atoms with E-state index >= 15 is 0 Å². The number of anilines is 1. The van der Waals surface area contributed by atoms with Crippen LogP contribution in [-0.4, -0.2) is 38.0 Å². The van der Waals surface area contributed by atoms with E-state index < -0.39 is 10.0 Å². The summed E-state index contributed by atoms with van der Waals surface area (Å²) in [6.07, 6.45) is 2.64. The molecule has 5 nitrogen and oxygen atoms in total. The van der Waals surface area contributed by atoms with E-state index in [0.29, 0.717) is 6.54 Å². The van der Waals surface area contributed by atoms with E-state index in [1.54, 1.807) is 0 Å².